The quantitative estimate of drug-likeness (QED) is 0.712. The molecule has 0 fully saturated rings. The van der Waals surface area contributed by atoms with Gasteiger partial charge in [-0.3, -0.25) is 0 Å². The van der Waals surface area contributed by atoms with Gasteiger partial charge in [0.25, 0.3) is 0 Å². The first-order valence-corrected chi connectivity index (χ1v) is 4.54. The van der Waals surface area contributed by atoms with Crippen molar-refractivity contribution in [2.45, 2.75) is 13.5 Å². The Hall–Kier alpha value is -1.36. The third-order valence-electron chi connectivity index (χ3n) is 1.29. The van der Waals surface area contributed by atoms with Crippen LogP contribution in [0.1, 0.15) is 9.88 Å². The molecule has 0 aromatic carbocycles. The van der Waals surface area contributed by atoms with Crippen molar-refractivity contribution in [1.82, 2.24) is 10.3 Å². The number of hydrogen-bond acceptors (Lipinski definition) is 4. The first-order chi connectivity index (χ1) is 6.18. The average molecular weight is 198 g/mol. The van der Waals surface area contributed by atoms with E-state index in [0.717, 1.165) is 16.0 Å². The van der Waals surface area contributed by atoms with E-state index in [-0.39, 0.29) is 0 Å². The molecule has 0 atom stereocenters. The highest BCUT2D eigenvalue weighted by Crippen LogP contribution is 2.10. The largest absolute Gasteiger partial charge is 0.478 e. The van der Waals surface area contributed by atoms with Crippen molar-refractivity contribution in [3.63, 3.8) is 0 Å². The lowest BCUT2D eigenvalue weighted by Crippen LogP contribution is -2.03. The Labute approximate surface area is 79.9 Å². The summed E-state index contributed by atoms with van der Waals surface area (Å²) in [4.78, 5) is 15.2. The summed E-state index contributed by atoms with van der Waals surface area (Å²) in [5, 5.41) is 12.1. The van der Waals surface area contributed by atoms with Gasteiger partial charge in [0, 0.05) is 23.3 Å². The minimum absolute atomic E-state index is 0.620. The van der Waals surface area contributed by atoms with Crippen LogP contribution in [0.2, 0.25) is 0 Å². The number of carbonyl (C=O) groups is 1. The van der Waals surface area contributed by atoms with Gasteiger partial charge in [0.2, 0.25) is 0 Å². The van der Waals surface area contributed by atoms with E-state index in [1.807, 2.05) is 6.92 Å². The van der Waals surface area contributed by atoms with E-state index in [9.17, 15) is 4.79 Å². The number of carboxylic acid groups (broad SMARTS) is 1. The van der Waals surface area contributed by atoms with Crippen molar-refractivity contribution in [2.75, 3.05) is 0 Å². The maximum absolute atomic E-state index is 10.1. The van der Waals surface area contributed by atoms with Gasteiger partial charge in [0.1, 0.15) is 0 Å². The summed E-state index contributed by atoms with van der Waals surface area (Å²) in [6, 6.07) is 0. The van der Waals surface area contributed by atoms with E-state index in [2.05, 4.69) is 10.3 Å². The number of rotatable bonds is 4. The van der Waals surface area contributed by atoms with Crippen LogP contribution in [0.5, 0.6) is 0 Å². The van der Waals surface area contributed by atoms with E-state index < -0.39 is 5.97 Å². The van der Waals surface area contributed by atoms with Crippen molar-refractivity contribution >= 4 is 17.3 Å². The second-order valence-corrected chi connectivity index (χ2v) is 3.72. The lowest BCUT2D eigenvalue weighted by atomic mass is 10.5. The summed E-state index contributed by atoms with van der Waals surface area (Å²) in [6.07, 6.45) is 4.26. The molecule has 1 rings (SSSR count). The highest BCUT2D eigenvalue weighted by atomic mass is 32.1. The van der Waals surface area contributed by atoms with E-state index in [1.165, 1.54) is 6.20 Å². The first-order valence-electron chi connectivity index (χ1n) is 3.72. The molecule has 0 amide bonds. The topological polar surface area (TPSA) is 62.2 Å². The van der Waals surface area contributed by atoms with Crippen LogP contribution in [-0.4, -0.2) is 16.1 Å². The molecular weight excluding hydrogens is 188 g/mol. The molecule has 70 valence electrons. The Morgan fingerprint density at radius 1 is 1.85 bits per heavy atom. The van der Waals surface area contributed by atoms with E-state index in [4.69, 9.17) is 5.11 Å². The summed E-state index contributed by atoms with van der Waals surface area (Å²) in [5.41, 5.74) is 0. The van der Waals surface area contributed by atoms with Gasteiger partial charge in [-0.05, 0) is 6.92 Å². The highest BCUT2D eigenvalue weighted by Gasteiger charge is 1.95. The van der Waals surface area contributed by atoms with Crippen LogP contribution in [0.15, 0.2) is 18.5 Å². The fourth-order valence-electron chi connectivity index (χ4n) is 0.777. The van der Waals surface area contributed by atoms with Crippen molar-refractivity contribution in [2.24, 2.45) is 0 Å². The molecule has 2 N–H and O–H groups in total. The summed E-state index contributed by atoms with van der Waals surface area (Å²) < 4.78 is 0. The van der Waals surface area contributed by atoms with Gasteiger partial charge >= 0.3 is 5.97 Å². The minimum atomic E-state index is -0.951. The maximum atomic E-state index is 10.1. The fraction of sp³-hybridized carbons (Fsp3) is 0.250. The molecule has 0 aliphatic heterocycles. The summed E-state index contributed by atoms with van der Waals surface area (Å²) >= 11 is 1.59. The molecule has 13 heavy (non-hydrogen) atoms. The van der Waals surface area contributed by atoms with Gasteiger partial charge in [-0.2, -0.15) is 0 Å². The van der Waals surface area contributed by atoms with Crippen molar-refractivity contribution in [1.29, 1.82) is 0 Å². The normalized spacial score (nSPS) is 10.5. The van der Waals surface area contributed by atoms with Crippen molar-refractivity contribution in [3.8, 4) is 0 Å². The van der Waals surface area contributed by atoms with Gasteiger partial charge in [0.15, 0.2) is 0 Å². The zero-order valence-corrected chi connectivity index (χ0v) is 7.97. The zero-order chi connectivity index (χ0) is 9.68. The molecule has 0 unspecified atom stereocenters. The van der Waals surface area contributed by atoms with Crippen LogP contribution in [0.4, 0.5) is 0 Å². The van der Waals surface area contributed by atoms with Crippen LogP contribution in [0, 0.1) is 6.92 Å². The lowest BCUT2D eigenvalue weighted by molar-refractivity contribution is -0.131. The Bertz CT molecular complexity index is 320. The maximum Gasteiger partial charge on any atom is 0.329 e. The monoisotopic (exact) mass is 198 g/mol. The molecule has 1 aromatic heterocycles. The molecule has 4 nitrogen and oxygen atoms in total. The predicted octanol–water partition coefficient (Wildman–Crippen LogP) is 1.14. The van der Waals surface area contributed by atoms with Crippen molar-refractivity contribution in [3.05, 3.63) is 28.4 Å². The number of aryl methyl sites for hydroxylation is 1. The summed E-state index contributed by atoms with van der Waals surface area (Å²) in [5.74, 6) is -0.951. The molecule has 1 aromatic rings. The number of thiazole rings is 1. The molecule has 0 saturated carbocycles. The standard InChI is InChI=1S/C8H10N2O2S/c1-6-10-5-7(13-6)4-9-3-2-8(11)12/h2-3,5,9H,4H2,1H3,(H,11,12)/b3-2+. The van der Waals surface area contributed by atoms with E-state index in [1.54, 1.807) is 17.5 Å². The van der Waals surface area contributed by atoms with Crippen LogP contribution < -0.4 is 5.32 Å². The predicted molar refractivity (Wildman–Crippen MR) is 50.5 cm³/mol. The van der Waals surface area contributed by atoms with Crippen molar-refractivity contribution < 1.29 is 9.90 Å². The highest BCUT2D eigenvalue weighted by molar-refractivity contribution is 7.11. The molecule has 0 aliphatic rings. The molecule has 0 spiro atoms. The Balaban J connectivity index is 2.31. The molecule has 0 saturated heterocycles. The minimum Gasteiger partial charge on any atom is -0.478 e. The third kappa shape index (κ3) is 3.71. The fourth-order valence-corrected chi connectivity index (χ4v) is 1.52. The molecule has 1 heterocycles. The molecule has 5 heteroatoms. The second-order valence-electron chi connectivity index (χ2n) is 2.40. The SMILES string of the molecule is Cc1ncc(CN/C=C/C(=O)O)s1. The molecule has 0 aliphatic carbocycles. The number of hydrogen-bond donors (Lipinski definition) is 2. The van der Waals surface area contributed by atoms with Crippen LogP contribution in [0.25, 0.3) is 0 Å². The van der Waals surface area contributed by atoms with E-state index in [0.29, 0.717) is 6.54 Å². The number of nitrogens with zero attached hydrogens (tertiary/aromatic N) is 1. The number of aliphatic carboxylic acids is 1. The second kappa shape index (κ2) is 4.61. The van der Waals surface area contributed by atoms with Gasteiger partial charge in [0.05, 0.1) is 11.6 Å². The van der Waals surface area contributed by atoms with Crippen LogP contribution in [-0.2, 0) is 11.3 Å². The lowest BCUT2D eigenvalue weighted by Gasteiger charge is -1.94. The zero-order valence-electron chi connectivity index (χ0n) is 7.15. The summed E-state index contributed by atoms with van der Waals surface area (Å²) in [6.45, 7) is 2.55. The van der Waals surface area contributed by atoms with Gasteiger partial charge in [-0.15, -0.1) is 11.3 Å². The smallest absolute Gasteiger partial charge is 0.329 e. The van der Waals surface area contributed by atoms with Crippen LogP contribution >= 0.6 is 11.3 Å². The van der Waals surface area contributed by atoms with Gasteiger partial charge in [-0.1, -0.05) is 0 Å². The van der Waals surface area contributed by atoms with E-state index >= 15 is 0 Å². The molecule has 0 radical (unpaired) electrons. The number of nitrogens with one attached hydrogen (secondary N) is 1. The first kappa shape index (κ1) is 9.73. The molecule has 0 bridgehead atoms. The molecular formula is C8H10N2O2S. The third-order valence-corrected chi connectivity index (χ3v) is 2.20. The Morgan fingerprint density at radius 2 is 2.62 bits per heavy atom. The number of aromatic nitrogens is 1. The average Bonchev–Trinajstić information content (AvgIpc) is 2.45. The van der Waals surface area contributed by atoms with Gasteiger partial charge in [-0.25, -0.2) is 9.78 Å². The van der Waals surface area contributed by atoms with Crippen LogP contribution in [0.3, 0.4) is 0 Å². The number of carboxylic acids is 1. The summed E-state index contributed by atoms with van der Waals surface area (Å²) in [7, 11) is 0. The Morgan fingerprint density at radius 3 is 3.15 bits per heavy atom. The van der Waals surface area contributed by atoms with Gasteiger partial charge < -0.3 is 10.4 Å². The Kier molecular flexibility index (Phi) is 3.45.